The third-order valence-corrected chi connectivity index (χ3v) is 3.08. The molecular formula is C13H17NO. The Morgan fingerprint density at radius 2 is 2.47 bits per heavy atom. The summed E-state index contributed by atoms with van der Waals surface area (Å²) in [6.07, 6.45) is 8.80. The van der Waals surface area contributed by atoms with E-state index < -0.39 is 0 Å². The highest BCUT2D eigenvalue weighted by atomic mass is 16.3. The largest absolute Gasteiger partial charge is 0.466 e. The van der Waals surface area contributed by atoms with E-state index in [9.17, 15) is 0 Å². The molecule has 1 heterocycles. The van der Waals surface area contributed by atoms with Crippen molar-refractivity contribution in [2.75, 3.05) is 13.6 Å². The Kier molecular flexibility index (Phi) is 2.83. The molecule has 80 valence electrons. The van der Waals surface area contributed by atoms with Crippen molar-refractivity contribution in [2.24, 2.45) is 0 Å². The minimum absolute atomic E-state index is 0.447. The van der Waals surface area contributed by atoms with Crippen LogP contribution in [0.2, 0.25) is 0 Å². The van der Waals surface area contributed by atoms with Crippen molar-refractivity contribution in [1.29, 1.82) is 0 Å². The van der Waals surface area contributed by atoms with E-state index in [0.717, 1.165) is 17.9 Å². The summed E-state index contributed by atoms with van der Waals surface area (Å²) in [6.45, 7) is 2.71. The molecule has 1 aliphatic rings. The van der Waals surface area contributed by atoms with Crippen molar-refractivity contribution < 1.29 is 4.42 Å². The molecule has 1 atom stereocenters. The average Bonchev–Trinajstić information content (AvgIpc) is 2.57. The van der Waals surface area contributed by atoms with Crippen molar-refractivity contribution in [3.8, 4) is 12.3 Å². The van der Waals surface area contributed by atoms with Crippen LogP contribution in [0.25, 0.3) is 0 Å². The molecule has 0 aliphatic heterocycles. The van der Waals surface area contributed by atoms with E-state index in [4.69, 9.17) is 10.8 Å². The maximum absolute atomic E-state index is 5.69. The van der Waals surface area contributed by atoms with Gasteiger partial charge in [0, 0.05) is 18.0 Å². The number of terminal acetylenes is 1. The van der Waals surface area contributed by atoms with Crippen molar-refractivity contribution >= 4 is 0 Å². The van der Waals surface area contributed by atoms with Gasteiger partial charge in [0.25, 0.3) is 0 Å². The van der Waals surface area contributed by atoms with Crippen LogP contribution in [0.1, 0.15) is 36.0 Å². The van der Waals surface area contributed by atoms with Gasteiger partial charge in [-0.1, -0.05) is 5.92 Å². The summed E-state index contributed by atoms with van der Waals surface area (Å²) < 4.78 is 5.69. The number of hydrogen-bond donors (Lipinski definition) is 0. The lowest BCUT2D eigenvalue weighted by molar-refractivity contribution is 0.240. The first kappa shape index (κ1) is 10.3. The van der Waals surface area contributed by atoms with Crippen LogP contribution >= 0.6 is 0 Å². The summed E-state index contributed by atoms with van der Waals surface area (Å²) in [5, 5.41) is 0. The number of furan rings is 1. The van der Waals surface area contributed by atoms with Gasteiger partial charge in [-0.2, -0.15) is 0 Å². The highest BCUT2D eigenvalue weighted by Crippen LogP contribution is 2.35. The van der Waals surface area contributed by atoms with Crippen LogP contribution in [0.15, 0.2) is 10.5 Å². The van der Waals surface area contributed by atoms with E-state index in [1.807, 2.05) is 6.92 Å². The smallest absolute Gasteiger partial charge is 0.108 e. The first-order valence-corrected chi connectivity index (χ1v) is 5.45. The van der Waals surface area contributed by atoms with Gasteiger partial charge in [0.1, 0.15) is 11.5 Å². The zero-order chi connectivity index (χ0) is 10.8. The Bertz CT molecular complexity index is 386. The van der Waals surface area contributed by atoms with Crippen LogP contribution in [0.5, 0.6) is 0 Å². The number of aryl methyl sites for hydroxylation is 2. The quantitative estimate of drug-likeness (QED) is 0.687. The molecule has 0 amide bonds. The van der Waals surface area contributed by atoms with E-state index >= 15 is 0 Å². The Hall–Kier alpha value is -1.20. The number of hydrogen-bond acceptors (Lipinski definition) is 2. The summed E-state index contributed by atoms with van der Waals surface area (Å²) in [6, 6.07) is 2.61. The molecule has 0 aromatic carbocycles. The predicted molar refractivity (Wildman–Crippen MR) is 60.6 cm³/mol. The van der Waals surface area contributed by atoms with E-state index in [1.54, 1.807) is 0 Å². The standard InChI is InChI=1S/C13H17NO/c1-4-8-14(3)12-6-5-7-13-11(12)9-10(2)15-13/h1,9,12H,5-8H2,2-3H3. The summed E-state index contributed by atoms with van der Waals surface area (Å²) in [7, 11) is 2.09. The highest BCUT2D eigenvalue weighted by molar-refractivity contribution is 5.27. The normalized spacial score (nSPS) is 20.0. The van der Waals surface area contributed by atoms with Crippen LogP contribution in [0, 0.1) is 19.3 Å². The van der Waals surface area contributed by atoms with Crippen LogP contribution in [0.3, 0.4) is 0 Å². The summed E-state index contributed by atoms with van der Waals surface area (Å²) in [4.78, 5) is 2.23. The lowest BCUT2D eigenvalue weighted by Crippen LogP contribution is -2.27. The van der Waals surface area contributed by atoms with E-state index in [1.165, 1.54) is 18.4 Å². The van der Waals surface area contributed by atoms with Gasteiger partial charge in [0.15, 0.2) is 0 Å². The number of fused-ring (bicyclic) bond motifs is 1. The lowest BCUT2D eigenvalue weighted by Gasteiger charge is -2.29. The maximum Gasteiger partial charge on any atom is 0.108 e. The van der Waals surface area contributed by atoms with Gasteiger partial charge in [-0.3, -0.25) is 4.90 Å². The van der Waals surface area contributed by atoms with Crippen molar-refractivity contribution in [3.63, 3.8) is 0 Å². The third-order valence-electron chi connectivity index (χ3n) is 3.08. The molecule has 1 aromatic rings. The lowest BCUT2D eigenvalue weighted by atomic mass is 9.92. The Labute approximate surface area is 91.3 Å². The summed E-state index contributed by atoms with van der Waals surface area (Å²) in [5.74, 6) is 4.87. The second-order valence-corrected chi connectivity index (χ2v) is 4.26. The Morgan fingerprint density at radius 1 is 1.67 bits per heavy atom. The van der Waals surface area contributed by atoms with Gasteiger partial charge < -0.3 is 4.42 Å². The molecule has 0 radical (unpaired) electrons. The van der Waals surface area contributed by atoms with Gasteiger partial charge >= 0.3 is 0 Å². The topological polar surface area (TPSA) is 16.4 Å². The number of rotatable bonds is 2. The second kappa shape index (κ2) is 4.12. The van der Waals surface area contributed by atoms with Gasteiger partial charge in [-0.05, 0) is 32.9 Å². The molecule has 0 saturated carbocycles. The SMILES string of the molecule is C#CCN(C)C1CCCc2oc(C)cc21. The average molecular weight is 203 g/mol. The van der Waals surface area contributed by atoms with E-state index in [-0.39, 0.29) is 0 Å². The van der Waals surface area contributed by atoms with Crippen LogP contribution < -0.4 is 0 Å². The van der Waals surface area contributed by atoms with E-state index in [0.29, 0.717) is 12.6 Å². The zero-order valence-electron chi connectivity index (χ0n) is 9.42. The molecule has 2 rings (SSSR count). The summed E-state index contributed by atoms with van der Waals surface area (Å²) in [5.41, 5.74) is 1.34. The third kappa shape index (κ3) is 1.93. The van der Waals surface area contributed by atoms with Crippen LogP contribution in [0.4, 0.5) is 0 Å². The fraction of sp³-hybridized carbons (Fsp3) is 0.538. The molecule has 1 unspecified atom stereocenters. The monoisotopic (exact) mass is 203 g/mol. The molecule has 15 heavy (non-hydrogen) atoms. The Morgan fingerprint density at radius 3 is 3.20 bits per heavy atom. The minimum Gasteiger partial charge on any atom is -0.466 e. The van der Waals surface area contributed by atoms with E-state index in [2.05, 4.69) is 23.9 Å². The minimum atomic E-state index is 0.447. The molecule has 0 spiro atoms. The molecule has 1 aromatic heterocycles. The predicted octanol–water partition coefficient (Wildman–Crippen LogP) is 2.53. The highest BCUT2D eigenvalue weighted by Gasteiger charge is 2.26. The van der Waals surface area contributed by atoms with Crippen LogP contribution in [-0.2, 0) is 6.42 Å². The summed E-state index contributed by atoms with van der Waals surface area (Å²) >= 11 is 0. The van der Waals surface area contributed by atoms with Gasteiger partial charge in [-0.25, -0.2) is 0 Å². The first-order chi connectivity index (χ1) is 7.22. The Balaban J connectivity index is 2.25. The fourth-order valence-corrected chi connectivity index (χ4v) is 2.38. The molecule has 0 fully saturated rings. The van der Waals surface area contributed by atoms with Crippen molar-refractivity contribution in [3.05, 3.63) is 23.2 Å². The molecule has 2 nitrogen and oxygen atoms in total. The zero-order valence-corrected chi connectivity index (χ0v) is 9.42. The fourth-order valence-electron chi connectivity index (χ4n) is 2.38. The first-order valence-electron chi connectivity index (χ1n) is 5.45. The second-order valence-electron chi connectivity index (χ2n) is 4.26. The van der Waals surface area contributed by atoms with Gasteiger partial charge in [-0.15, -0.1) is 6.42 Å². The molecular weight excluding hydrogens is 186 g/mol. The molecule has 1 aliphatic carbocycles. The molecule has 0 N–H and O–H groups in total. The van der Waals surface area contributed by atoms with Crippen LogP contribution in [-0.4, -0.2) is 18.5 Å². The number of nitrogens with zero attached hydrogens (tertiary/aromatic N) is 1. The van der Waals surface area contributed by atoms with Gasteiger partial charge in [0.05, 0.1) is 6.54 Å². The van der Waals surface area contributed by atoms with Gasteiger partial charge in [0.2, 0.25) is 0 Å². The molecule has 2 heteroatoms. The maximum atomic E-state index is 5.69. The molecule has 0 saturated heterocycles. The molecule has 0 bridgehead atoms. The van der Waals surface area contributed by atoms with Crippen molar-refractivity contribution in [1.82, 2.24) is 4.90 Å². The van der Waals surface area contributed by atoms with Crippen molar-refractivity contribution in [2.45, 2.75) is 32.2 Å².